The average molecular weight is 528 g/mol. The van der Waals surface area contributed by atoms with E-state index >= 15 is 0 Å². The quantitative estimate of drug-likeness (QED) is 0.261. The summed E-state index contributed by atoms with van der Waals surface area (Å²) >= 11 is 0. The lowest BCUT2D eigenvalue weighted by Crippen LogP contribution is -2.48. The molecule has 0 spiro atoms. The first-order valence-corrected chi connectivity index (χ1v) is 9.19. The van der Waals surface area contributed by atoms with Crippen LogP contribution in [-0.4, -0.2) is 43.7 Å². The highest BCUT2D eigenvalue weighted by Crippen LogP contribution is 2.33. The maximum Gasteiger partial charge on any atom is 0.387 e. The lowest BCUT2D eigenvalue weighted by molar-refractivity contribution is -0.121. The standard InChI is InChI=1S/C19H30F2N4O3.HI/c1-6-22-18(24-12-15(26)25-19(3,4)5)23-11-13-9-8-10-14(27-7-2)16(13)28-17(20)21;/h8-10,17H,6-7,11-12H2,1-5H3,(H,25,26)(H2,22,23,24);1H. The van der Waals surface area contributed by atoms with Crippen LogP contribution >= 0.6 is 24.0 Å². The van der Waals surface area contributed by atoms with Gasteiger partial charge in [0.1, 0.15) is 0 Å². The number of ether oxygens (including phenoxy) is 2. The van der Waals surface area contributed by atoms with E-state index in [9.17, 15) is 13.6 Å². The Bertz CT molecular complexity index is 667. The highest BCUT2D eigenvalue weighted by molar-refractivity contribution is 14.0. The van der Waals surface area contributed by atoms with Gasteiger partial charge in [-0.05, 0) is 40.7 Å². The molecule has 0 aliphatic heterocycles. The van der Waals surface area contributed by atoms with Gasteiger partial charge < -0.3 is 25.4 Å². The van der Waals surface area contributed by atoms with Crippen LogP contribution in [0.2, 0.25) is 0 Å². The van der Waals surface area contributed by atoms with E-state index in [4.69, 9.17) is 4.74 Å². The number of benzene rings is 1. The summed E-state index contributed by atoms with van der Waals surface area (Å²) < 4.78 is 35.6. The number of para-hydroxylation sites is 1. The molecule has 0 saturated carbocycles. The van der Waals surface area contributed by atoms with Gasteiger partial charge >= 0.3 is 6.61 Å². The van der Waals surface area contributed by atoms with Crippen LogP contribution in [0.25, 0.3) is 0 Å². The molecule has 1 aromatic rings. The van der Waals surface area contributed by atoms with Crippen molar-refractivity contribution in [3.8, 4) is 11.5 Å². The number of amides is 1. The summed E-state index contributed by atoms with van der Waals surface area (Å²) in [7, 11) is 0. The molecule has 0 radical (unpaired) electrons. The molecule has 0 fully saturated rings. The minimum atomic E-state index is -2.98. The third-order valence-electron chi connectivity index (χ3n) is 3.25. The van der Waals surface area contributed by atoms with Crippen molar-refractivity contribution in [1.29, 1.82) is 0 Å². The predicted molar refractivity (Wildman–Crippen MR) is 120 cm³/mol. The van der Waals surface area contributed by atoms with E-state index in [0.29, 0.717) is 24.7 Å². The summed E-state index contributed by atoms with van der Waals surface area (Å²) in [5.74, 6) is 0.400. The molecule has 29 heavy (non-hydrogen) atoms. The Morgan fingerprint density at radius 2 is 1.90 bits per heavy atom. The Kier molecular flexibility index (Phi) is 12.5. The lowest BCUT2D eigenvalue weighted by Gasteiger charge is -2.21. The third kappa shape index (κ3) is 11.1. The Morgan fingerprint density at radius 1 is 1.21 bits per heavy atom. The normalized spacial score (nSPS) is 11.5. The molecular formula is C19H31F2IN4O3. The number of alkyl halides is 2. The zero-order valence-corrected chi connectivity index (χ0v) is 19.8. The van der Waals surface area contributed by atoms with Crippen LogP contribution in [0.1, 0.15) is 40.2 Å². The number of halogens is 3. The van der Waals surface area contributed by atoms with Gasteiger partial charge in [0.25, 0.3) is 0 Å². The molecule has 0 aromatic heterocycles. The number of rotatable bonds is 9. The molecular weight excluding hydrogens is 497 g/mol. The molecule has 166 valence electrons. The van der Waals surface area contributed by atoms with Crippen LogP contribution in [0.5, 0.6) is 11.5 Å². The van der Waals surface area contributed by atoms with Gasteiger partial charge in [-0.15, -0.1) is 24.0 Å². The zero-order chi connectivity index (χ0) is 21.2. The fraction of sp³-hybridized carbons (Fsp3) is 0.579. The van der Waals surface area contributed by atoms with Crippen molar-refractivity contribution < 1.29 is 23.0 Å². The Labute approximate surface area is 188 Å². The van der Waals surface area contributed by atoms with Crippen LogP contribution < -0.4 is 25.4 Å². The number of nitrogens with zero attached hydrogens (tertiary/aromatic N) is 1. The van der Waals surface area contributed by atoms with Gasteiger partial charge in [-0.25, -0.2) is 4.99 Å². The number of aliphatic imine (C=N–C) groups is 1. The van der Waals surface area contributed by atoms with Crippen molar-refractivity contribution >= 4 is 35.8 Å². The van der Waals surface area contributed by atoms with E-state index in [1.165, 1.54) is 0 Å². The van der Waals surface area contributed by atoms with Gasteiger partial charge in [-0.3, -0.25) is 4.79 Å². The SMILES string of the molecule is CCNC(=NCc1cccc(OCC)c1OC(F)F)NCC(=O)NC(C)(C)C.I. The van der Waals surface area contributed by atoms with E-state index in [1.54, 1.807) is 25.1 Å². The molecule has 7 nitrogen and oxygen atoms in total. The zero-order valence-electron chi connectivity index (χ0n) is 17.5. The van der Waals surface area contributed by atoms with Gasteiger partial charge in [0.2, 0.25) is 5.91 Å². The number of hydrogen-bond donors (Lipinski definition) is 3. The number of carbonyl (C=O) groups is 1. The van der Waals surface area contributed by atoms with Crippen molar-refractivity contribution in [2.45, 2.75) is 53.3 Å². The molecule has 0 bridgehead atoms. The molecule has 0 aliphatic rings. The van der Waals surface area contributed by atoms with Crippen LogP contribution in [-0.2, 0) is 11.3 Å². The maximum atomic E-state index is 12.8. The van der Waals surface area contributed by atoms with E-state index in [0.717, 1.165) is 0 Å². The first kappa shape index (κ1) is 27.1. The van der Waals surface area contributed by atoms with Gasteiger partial charge in [0.15, 0.2) is 17.5 Å². The van der Waals surface area contributed by atoms with E-state index in [-0.39, 0.29) is 60.0 Å². The molecule has 10 heteroatoms. The highest BCUT2D eigenvalue weighted by Gasteiger charge is 2.16. The van der Waals surface area contributed by atoms with Gasteiger partial charge in [-0.1, -0.05) is 12.1 Å². The second-order valence-corrected chi connectivity index (χ2v) is 6.90. The highest BCUT2D eigenvalue weighted by atomic mass is 127. The molecule has 0 unspecified atom stereocenters. The summed E-state index contributed by atoms with van der Waals surface area (Å²) in [5, 5.41) is 8.77. The smallest absolute Gasteiger partial charge is 0.387 e. The molecule has 1 aromatic carbocycles. The molecule has 0 atom stereocenters. The molecule has 1 rings (SSSR count). The van der Waals surface area contributed by atoms with Crippen LogP contribution in [0, 0.1) is 0 Å². The van der Waals surface area contributed by atoms with E-state index in [2.05, 4.69) is 25.7 Å². The first-order valence-electron chi connectivity index (χ1n) is 9.19. The Hall–Kier alpha value is -1.85. The number of carbonyl (C=O) groups excluding carboxylic acids is 1. The van der Waals surface area contributed by atoms with Crippen molar-refractivity contribution in [3.05, 3.63) is 23.8 Å². The van der Waals surface area contributed by atoms with Gasteiger partial charge in [0, 0.05) is 17.6 Å². The average Bonchev–Trinajstić information content (AvgIpc) is 2.58. The summed E-state index contributed by atoms with van der Waals surface area (Å²) in [4.78, 5) is 16.3. The summed E-state index contributed by atoms with van der Waals surface area (Å²) in [6.07, 6.45) is 0. The molecule has 1 amide bonds. The van der Waals surface area contributed by atoms with Gasteiger partial charge in [-0.2, -0.15) is 8.78 Å². The first-order chi connectivity index (χ1) is 13.2. The van der Waals surface area contributed by atoms with E-state index in [1.807, 2.05) is 27.7 Å². The number of nitrogens with one attached hydrogen (secondary N) is 3. The minimum Gasteiger partial charge on any atom is -0.490 e. The largest absolute Gasteiger partial charge is 0.490 e. The van der Waals surface area contributed by atoms with Crippen LogP contribution in [0.15, 0.2) is 23.2 Å². The molecule has 0 aliphatic carbocycles. The summed E-state index contributed by atoms with van der Waals surface area (Å²) in [6, 6.07) is 4.89. The molecule has 0 heterocycles. The van der Waals surface area contributed by atoms with Crippen molar-refractivity contribution in [2.75, 3.05) is 19.7 Å². The fourth-order valence-electron chi connectivity index (χ4n) is 2.31. The van der Waals surface area contributed by atoms with E-state index < -0.39 is 6.61 Å². The predicted octanol–water partition coefficient (Wildman–Crippen LogP) is 3.27. The molecule has 0 saturated heterocycles. The number of hydrogen-bond acceptors (Lipinski definition) is 4. The van der Waals surface area contributed by atoms with Crippen LogP contribution in [0.3, 0.4) is 0 Å². The lowest BCUT2D eigenvalue weighted by atomic mass is 10.1. The van der Waals surface area contributed by atoms with Crippen molar-refractivity contribution in [3.63, 3.8) is 0 Å². The monoisotopic (exact) mass is 528 g/mol. The second kappa shape index (κ2) is 13.4. The number of guanidine groups is 1. The summed E-state index contributed by atoms with van der Waals surface area (Å²) in [6.45, 7) is 7.32. The Morgan fingerprint density at radius 3 is 2.45 bits per heavy atom. The minimum absolute atomic E-state index is 0. The van der Waals surface area contributed by atoms with Crippen LogP contribution in [0.4, 0.5) is 8.78 Å². The molecule has 3 N–H and O–H groups in total. The maximum absolute atomic E-state index is 12.8. The fourth-order valence-corrected chi connectivity index (χ4v) is 2.31. The van der Waals surface area contributed by atoms with Crippen molar-refractivity contribution in [1.82, 2.24) is 16.0 Å². The Balaban J connectivity index is 0.00000784. The topological polar surface area (TPSA) is 84.0 Å². The van der Waals surface area contributed by atoms with Crippen molar-refractivity contribution in [2.24, 2.45) is 4.99 Å². The second-order valence-electron chi connectivity index (χ2n) is 6.90. The van der Waals surface area contributed by atoms with Gasteiger partial charge in [0.05, 0.1) is 19.7 Å². The summed E-state index contributed by atoms with van der Waals surface area (Å²) in [5.41, 5.74) is 0.109. The third-order valence-corrected chi connectivity index (χ3v) is 3.25.